The van der Waals surface area contributed by atoms with Gasteiger partial charge in [0.25, 0.3) is 0 Å². The first-order valence-electron chi connectivity index (χ1n) is 7.36. The largest absolute Gasteiger partial charge is 0.358 e. The first kappa shape index (κ1) is 14.0. The van der Waals surface area contributed by atoms with Gasteiger partial charge in [-0.2, -0.15) is 10.1 Å². The molecule has 1 saturated heterocycles. The lowest BCUT2D eigenvalue weighted by Gasteiger charge is -2.30. The number of piperidine rings is 1. The number of hydrogen-bond donors (Lipinski definition) is 0. The standard InChI is InChI=1S/C14H25N5/c1-4-5-8-18(3)13-11-15-17-14(16-13)19-9-6-12(2)7-10-19/h11-12H,4-10H2,1-3H3. The second kappa shape index (κ2) is 6.68. The third-order valence-electron chi connectivity index (χ3n) is 3.84. The van der Waals surface area contributed by atoms with Crippen LogP contribution in [0.3, 0.4) is 0 Å². The molecule has 1 aromatic rings. The maximum atomic E-state index is 4.65. The Bertz CT molecular complexity index is 387. The Labute approximate surface area is 116 Å². The number of nitrogens with zero attached hydrogens (tertiary/aromatic N) is 5. The summed E-state index contributed by atoms with van der Waals surface area (Å²) in [7, 11) is 2.07. The first-order chi connectivity index (χ1) is 9.20. The average molecular weight is 263 g/mol. The van der Waals surface area contributed by atoms with Crippen molar-refractivity contribution in [2.24, 2.45) is 5.92 Å². The van der Waals surface area contributed by atoms with E-state index >= 15 is 0 Å². The lowest BCUT2D eigenvalue weighted by atomic mass is 10.00. The van der Waals surface area contributed by atoms with E-state index in [0.29, 0.717) is 0 Å². The van der Waals surface area contributed by atoms with Gasteiger partial charge < -0.3 is 9.80 Å². The fraction of sp³-hybridized carbons (Fsp3) is 0.786. The third-order valence-corrected chi connectivity index (χ3v) is 3.84. The van der Waals surface area contributed by atoms with Crippen molar-refractivity contribution in [3.8, 4) is 0 Å². The Balaban J connectivity index is 2.02. The molecule has 1 aliphatic rings. The molecular formula is C14H25N5. The zero-order valence-corrected chi connectivity index (χ0v) is 12.3. The second-order valence-corrected chi connectivity index (χ2v) is 5.56. The third kappa shape index (κ3) is 3.78. The Morgan fingerprint density at radius 3 is 2.79 bits per heavy atom. The van der Waals surface area contributed by atoms with E-state index in [0.717, 1.165) is 37.3 Å². The van der Waals surface area contributed by atoms with Gasteiger partial charge in [-0.05, 0) is 25.2 Å². The molecule has 0 spiro atoms. The predicted octanol–water partition coefficient (Wildman–Crippen LogP) is 2.34. The van der Waals surface area contributed by atoms with Crippen molar-refractivity contribution in [2.45, 2.75) is 39.5 Å². The summed E-state index contributed by atoms with van der Waals surface area (Å²) in [6.45, 7) is 7.62. The Morgan fingerprint density at radius 2 is 2.11 bits per heavy atom. The van der Waals surface area contributed by atoms with E-state index in [1.807, 2.05) is 0 Å². The van der Waals surface area contributed by atoms with Gasteiger partial charge in [-0.3, -0.25) is 0 Å². The van der Waals surface area contributed by atoms with Crippen LogP contribution < -0.4 is 9.80 Å². The highest BCUT2D eigenvalue weighted by molar-refractivity contribution is 5.40. The van der Waals surface area contributed by atoms with Gasteiger partial charge in [-0.25, -0.2) is 0 Å². The van der Waals surface area contributed by atoms with Crippen LogP contribution in [0.25, 0.3) is 0 Å². The molecule has 0 saturated carbocycles. The molecule has 0 N–H and O–H groups in total. The molecule has 1 fully saturated rings. The summed E-state index contributed by atoms with van der Waals surface area (Å²) >= 11 is 0. The molecule has 0 radical (unpaired) electrons. The maximum Gasteiger partial charge on any atom is 0.247 e. The number of hydrogen-bond acceptors (Lipinski definition) is 5. The monoisotopic (exact) mass is 263 g/mol. The molecule has 0 bridgehead atoms. The quantitative estimate of drug-likeness (QED) is 0.816. The molecule has 106 valence electrons. The molecular weight excluding hydrogens is 238 g/mol. The SMILES string of the molecule is CCCCN(C)c1cnnc(N2CCC(C)CC2)n1. The van der Waals surface area contributed by atoms with E-state index in [4.69, 9.17) is 0 Å². The summed E-state index contributed by atoms with van der Waals surface area (Å²) in [6, 6.07) is 0. The minimum absolute atomic E-state index is 0.785. The Kier molecular flexibility index (Phi) is 4.93. The van der Waals surface area contributed by atoms with E-state index < -0.39 is 0 Å². The van der Waals surface area contributed by atoms with Gasteiger partial charge >= 0.3 is 0 Å². The zero-order valence-electron chi connectivity index (χ0n) is 12.3. The van der Waals surface area contributed by atoms with Crippen LogP contribution in [0, 0.1) is 5.92 Å². The van der Waals surface area contributed by atoms with Crippen LogP contribution >= 0.6 is 0 Å². The van der Waals surface area contributed by atoms with E-state index in [-0.39, 0.29) is 0 Å². The van der Waals surface area contributed by atoms with Crippen molar-refractivity contribution in [1.82, 2.24) is 15.2 Å². The number of unbranched alkanes of at least 4 members (excludes halogenated alkanes) is 1. The lowest BCUT2D eigenvalue weighted by Crippen LogP contribution is -2.34. The highest BCUT2D eigenvalue weighted by Gasteiger charge is 2.19. The Hall–Kier alpha value is -1.39. The number of aromatic nitrogens is 3. The van der Waals surface area contributed by atoms with Gasteiger partial charge in [0, 0.05) is 26.7 Å². The van der Waals surface area contributed by atoms with Gasteiger partial charge in [-0.1, -0.05) is 20.3 Å². The van der Waals surface area contributed by atoms with Crippen LogP contribution in [0.1, 0.15) is 39.5 Å². The van der Waals surface area contributed by atoms with Crippen molar-refractivity contribution in [1.29, 1.82) is 0 Å². The van der Waals surface area contributed by atoms with E-state index in [1.54, 1.807) is 6.20 Å². The van der Waals surface area contributed by atoms with Gasteiger partial charge in [0.2, 0.25) is 5.95 Å². The fourth-order valence-corrected chi connectivity index (χ4v) is 2.32. The van der Waals surface area contributed by atoms with Gasteiger partial charge in [0.1, 0.15) is 0 Å². The van der Waals surface area contributed by atoms with Gasteiger partial charge in [-0.15, -0.1) is 5.10 Å². The van der Waals surface area contributed by atoms with E-state index in [2.05, 4.69) is 45.9 Å². The molecule has 0 amide bonds. The minimum Gasteiger partial charge on any atom is -0.358 e. The predicted molar refractivity (Wildman–Crippen MR) is 78.6 cm³/mol. The first-order valence-corrected chi connectivity index (χ1v) is 7.36. The molecule has 19 heavy (non-hydrogen) atoms. The van der Waals surface area contributed by atoms with E-state index in [1.165, 1.54) is 25.7 Å². The molecule has 1 aliphatic heterocycles. The van der Waals surface area contributed by atoms with Crippen LogP contribution in [0.15, 0.2) is 6.20 Å². The van der Waals surface area contributed by atoms with Crippen LogP contribution in [0.5, 0.6) is 0 Å². The summed E-state index contributed by atoms with van der Waals surface area (Å²) in [5, 5.41) is 8.30. The van der Waals surface area contributed by atoms with Crippen LogP contribution in [0.4, 0.5) is 11.8 Å². The summed E-state index contributed by atoms with van der Waals surface area (Å²) in [5.74, 6) is 2.53. The Morgan fingerprint density at radius 1 is 1.37 bits per heavy atom. The van der Waals surface area contributed by atoms with Crippen molar-refractivity contribution in [2.75, 3.05) is 36.5 Å². The number of anilines is 2. The number of rotatable bonds is 5. The summed E-state index contributed by atoms with van der Waals surface area (Å²) in [5.41, 5.74) is 0. The molecule has 0 unspecified atom stereocenters. The minimum atomic E-state index is 0.785. The highest BCUT2D eigenvalue weighted by Crippen LogP contribution is 2.20. The highest BCUT2D eigenvalue weighted by atomic mass is 15.3. The molecule has 0 atom stereocenters. The molecule has 0 aromatic carbocycles. The second-order valence-electron chi connectivity index (χ2n) is 5.56. The van der Waals surface area contributed by atoms with Crippen molar-refractivity contribution in [3.63, 3.8) is 0 Å². The molecule has 2 heterocycles. The summed E-state index contributed by atoms with van der Waals surface area (Å²) in [6.07, 6.45) is 6.57. The average Bonchev–Trinajstić information content (AvgIpc) is 2.45. The van der Waals surface area contributed by atoms with Crippen LogP contribution in [-0.2, 0) is 0 Å². The van der Waals surface area contributed by atoms with Crippen LogP contribution in [-0.4, -0.2) is 41.9 Å². The summed E-state index contributed by atoms with van der Waals surface area (Å²) < 4.78 is 0. The molecule has 5 heteroatoms. The molecule has 1 aromatic heterocycles. The van der Waals surface area contributed by atoms with Crippen molar-refractivity contribution < 1.29 is 0 Å². The molecule has 5 nitrogen and oxygen atoms in total. The molecule has 0 aliphatic carbocycles. The van der Waals surface area contributed by atoms with Crippen LogP contribution in [0.2, 0.25) is 0 Å². The van der Waals surface area contributed by atoms with E-state index in [9.17, 15) is 0 Å². The smallest absolute Gasteiger partial charge is 0.247 e. The normalized spacial score (nSPS) is 16.7. The van der Waals surface area contributed by atoms with Crippen molar-refractivity contribution >= 4 is 11.8 Å². The fourth-order valence-electron chi connectivity index (χ4n) is 2.32. The summed E-state index contributed by atoms with van der Waals surface area (Å²) in [4.78, 5) is 9.07. The molecule has 2 rings (SSSR count). The zero-order chi connectivity index (χ0) is 13.7. The van der Waals surface area contributed by atoms with Gasteiger partial charge in [0.15, 0.2) is 5.82 Å². The maximum absolute atomic E-state index is 4.65. The van der Waals surface area contributed by atoms with Gasteiger partial charge in [0.05, 0.1) is 6.20 Å². The topological polar surface area (TPSA) is 45.2 Å². The lowest BCUT2D eigenvalue weighted by molar-refractivity contribution is 0.433. The van der Waals surface area contributed by atoms with Crippen molar-refractivity contribution in [3.05, 3.63) is 6.20 Å².